The maximum atomic E-state index is 11.9. The lowest BCUT2D eigenvalue weighted by molar-refractivity contribution is -0.126. The summed E-state index contributed by atoms with van der Waals surface area (Å²) in [4.78, 5) is 11.9. The van der Waals surface area contributed by atoms with E-state index < -0.39 is 0 Å². The van der Waals surface area contributed by atoms with Crippen LogP contribution in [0.1, 0.15) is 25.3 Å². The van der Waals surface area contributed by atoms with Crippen LogP contribution < -0.4 is 15.8 Å². The minimum atomic E-state index is -0.276. The zero-order valence-corrected chi connectivity index (χ0v) is 11.9. The Morgan fingerprint density at radius 2 is 2.20 bits per heavy atom. The number of hydrogen-bond acceptors (Lipinski definition) is 4. The van der Waals surface area contributed by atoms with Gasteiger partial charge in [0.2, 0.25) is 0 Å². The van der Waals surface area contributed by atoms with Crippen molar-refractivity contribution in [2.45, 2.75) is 31.8 Å². The van der Waals surface area contributed by atoms with Crippen LogP contribution in [0.15, 0.2) is 24.3 Å². The Balaban J connectivity index is 1.79. The van der Waals surface area contributed by atoms with Gasteiger partial charge >= 0.3 is 0 Å². The maximum absolute atomic E-state index is 11.9. The van der Waals surface area contributed by atoms with Crippen molar-refractivity contribution in [2.75, 3.05) is 19.8 Å². The van der Waals surface area contributed by atoms with E-state index in [1.165, 1.54) is 0 Å². The zero-order valence-electron chi connectivity index (χ0n) is 11.9. The molecule has 0 radical (unpaired) electrons. The number of nitrogens with two attached hydrogens (primary N) is 1. The first-order valence-corrected chi connectivity index (χ1v) is 6.92. The molecule has 1 saturated heterocycles. The Bertz CT molecular complexity index is 439. The SMILES string of the molecule is CC1(NC(=O)COc2ccc(CN)cc2)CCCOC1. The van der Waals surface area contributed by atoms with E-state index in [0.29, 0.717) is 18.9 Å². The summed E-state index contributed by atoms with van der Waals surface area (Å²) >= 11 is 0. The lowest BCUT2D eigenvalue weighted by atomic mass is 9.95. The molecular weight excluding hydrogens is 256 g/mol. The quantitative estimate of drug-likeness (QED) is 0.849. The van der Waals surface area contributed by atoms with Crippen LogP contribution in [0, 0.1) is 0 Å². The van der Waals surface area contributed by atoms with Gasteiger partial charge in [0.25, 0.3) is 5.91 Å². The highest BCUT2D eigenvalue weighted by Crippen LogP contribution is 2.18. The number of rotatable bonds is 5. The first kappa shape index (κ1) is 14.8. The van der Waals surface area contributed by atoms with E-state index in [4.69, 9.17) is 15.2 Å². The van der Waals surface area contributed by atoms with Crippen LogP contribution in [0.3, 0.4) is 0 Å². The van der Waals surface area contributed by atoms with Gasteiger partial charge in [-0.2, -0.15) is 0 Å². The molecule has 1 heterocycles. The van der Waals surface area contributed by atoms with Crippen LogP contribution in [0.5, 0.6) is 5.75 Å². The van der Waals surface area contributed by atoms with E-state index in [2.05, 4.69) is 5.32 Å². The topological polar surface area (TPSA) is 73.6 Å². The molecule has 20 heavy (non-hydrogen) atoms. The second kappa shape index (κ2) is 6.72. The third-order valence-corrected chi connectivity index (χ3v) is 3.41. The molecule has 110 valence electrons. The number of carbonyl (C=O) groups is 1. The fourth-order valence-electron chi connectivity index (χ4n) is 2.28. The second-order valence-corrected chi connectivity index (χ2v) is 5.40. The minimum Gasteiger partial charge on any atom is -0.484 e. The predicted octanol–water partition coefficient (Wildman–Crippen LogP) is 1.21. The van der Waals surface area contributed by atoms with Crippen molar-refractivity contribution < 1.29 is 14.3 Å². The van der Waals surface area contributed by atoms with Gasteiger partial charge in [-0.05, 0) is 37.5 Å². The van der Waals surface area contributed by atoms with Gasteiger partial charge in [-0.25, -0.2) is 0 Å². The summed E-state index contributed by atoms with van der Waals surface area (Å²) in [6.07, 6.45) is 1.90. The largest absolute Gasteiger partial charge is 0.484 e. The number of hydrogen-bond donors (Lipinski definition) is 2. The Morgan fingerprint density at radius 1 is 1.45 bits per heavy atom. The van der Waals surface area contributed by atoms with Crippen molar-refractivity contribution >= 4 is 5.91 Å². The Morgan fingerprint density at radius 3 is 2.80 bits per heavy atom. The average molecular weight is 278 g/mol. The van der Waals surface area contributed by atoms with Crippen molar-refractivity contribution in [2.24, 2.45) is 5.73 Å². The van der Waals surface area contributed by atoms with E-state index >= 15 is 0 Å². The summed E-state index contributed by atoms with van der Waals surface area (Å²) < 4.78 is 10.9. The molecule has 1 amide bonds. The predicted molar refractivity (Wildman–Crippen MR) is 76.4 cm³/mol. The van der Waals surface area contributed by atoms with Gasteiger partial charge in [0.15, 0.2) is 6.61 Å². The molecule has 1 aromatic rings. The third-order valence-electron chi connectivity index (χ3n) is 3.41. The second-order valence-electron chi connectivity index (χ2n) is 5.40. The van der Waals surface area contributed by atoms with Gasteiger partial charge in [-0.15, -0.1) is 0 Å². The van der Waals surface area contributed by atoms with E-state index in [9.17, 15) is 4.79 Å². The fourth-order valence-corrected chi connectivity index (χ4v) is 2.28. The Kier molecular flexibility index (Phi) is 4.98. The number of amides is 1. The highest BCUT2D eigenvalue weighted by atomic mass is 16.5. The molecule has 1 aliphatic rings. The molecule has 0 bridgehead atoms. The average Bonchev–Trinajstić information content (AvgIpc) is 2.46. The molecule has 1 fully saturated rings. The van der Waals surface area contributed by atoms with Gasteiger partial charge in [0.05, 0.1) is 12.1 Å². The summed E-state index contributed by atoms with van der Waals surface area (Å²) in [6, 6.07) is 7.43. The summed E-state index contributed by atoms with van der Waals surface area (Å²) in [6.45, 7) is 3.84. The molecular formula is C15H22N2O3. The number of ether oxygens (including phenoxy) is 2. The standard InChI is InChI=1S/C15H22N2O3/c1-15(7-2-8-19-11-15)17-14(18)10-20-13-5-3-12(9-16)4-6-13/h3-6H,2,7-11,16H2,1H3,(H,17,18). The Hall–Kier alpha value is -1.59. The first-order chi connectivity index (χ1) is 9.61. The number of nitrogens with one attached hydrogen (secondary N) is 1. The van der Waals surface area contributed by atoms with Crippen LogP contribution in [0.25, 0.3) is 0 Å². The van der Waals surface area contributed by atoms with Gasteiger partial charge in [0, 0.05) is 13.2 Å². The summed E-state index contributed by atoms with van der Waals surface area (Å²) in [7, 11) is 0. The van der Waals surface area contributed by atoms with E-state index in [0.717, 1.165) is 25.0 Å². The molecule has 1 atom stereocenters. The smallest absolute Gasteiger partial charge is 0.258 e. The monoisotopic (exact) mass is 278 g/mol. The van der Waals surface area contributed by atoms with Crippen LogP contribution >= 0.6 is 0 Å². The molecule has 3 N–H and O–H groups in total. The van der Waals surface area contributed by atoms with Crippen molar-refractivity contribution in [1.82, 2.24) is 5.32 Å². The van der Waals surface area contributed by atoms with Crippen LogP contribution in [0.2, 0.25) is 0 Å². The highest BCUT2D eigenvalue weighted by molar-refractivity contribution is 5.78. The molecule has 2 rings (SSSR count). The fraction of sp³-hybridized carbons (Fsp3) is 0.533. The van der Waals surface area contributed by atoms with E-state index in [1.807, 2.05) is 31.2 Å². The lowest BCUT2D eigenvalue weighted by Gasteiger charge is -2.34. The van der Waals surface area contributed by atoms with Crippen LogP contribution in [-0.2, 0) is 16.1 Å². The van der Waals surface area contributed by atoms with E-state index in [1.54, 1.807) is 0 Å². The normalized spacial score (nSPS) is 22.3. The lowest BCUT2D eigenvalue weighted by Crippen LogP contribution is -2.52. The molecule has 0 aliphatic carbocycles. The molecule has 1 unspecified atom stereocenters. The Labute approximate surface area is 119 Å². The minimum absolute atomic E-state index is 0.0115. The summed E-state index contributed by atoms with van der Waals surface area (Å²) in [5.41, 5.74) is 6.28. The van der Waals surface area contributed by atoms with Crippen molar-refractivity contribution in [3.05, 3.63) is 29.8 Å². The first-order valence-electron chi connectivity index (χ1n) is 6.92. The number of benzene rings is 1. The molecule has 1 aliphatic heterocycles. The van der Waals surface area contributed by atoms with E-state index in [-0.39, 0.29) is 18.1 Å². The molecule has 5 nitrogen and oxygen atoms in total. The summed E-state index contributed by atoms with van der Waals surface area (Å²) in [5, 5.41) is 2.98. The highest BCUT2D eigenvalue weighted by Gasteiger charge is 2.29. The molecule has 0 aromatic heterocycles. The molecule has 1 aromatic carbocycles. The maximum Gasteiger partial charge on any atom is 0.258 e. The van der Waals surface area contributed by atoms with Crippen molar-refractivity contribution in [3.8, 4) is 5.75 Å². The number of carbonyl (C=O) groups excluding carboxylic acids is 1. The third kappa shape index (κ3) is 4.21. The van der Waals surface area contributed by atoms with Gasteiger partial charge in [0.1, 0.15) is 5.75 Å². The van der Waals surface area contributed by atoms with Gasteiger partial charge in [-0.1, -0.05) is 12.1 Å². The zero-order chi connectivity index (χ0) is 14.4. The van der Waals surface area contributed by atoms with Crippen LogP contribution in [-0.4, -0.2) is 31.3 Å². The molecule has 0 spiro atoms. The van der Waals surface area contributed by atoms with Crippen LogP contribution in [0.4, 0.5) is 0 Å². The van der Waals surface area contributed by atoms with Crippen molar-refractivity contribution in [1.29, 1.82) is 0 Å². The molecule has 0 saturated carbocycles. The van der Waals surface area contributed by atoms with Crippen molar-refractivity contribution in [3.63, 3.8) is 0 Å². The van der Waals surface area contributed by atoms with Gasteiger partial charge in [-0.3, -0.25) is 4.79 Å². The summed E-state index contributed by atoms with van der Waals surface area (Å²) in [5.74, 6) is 0.545. The van der Waals surface area contributed by atoms with Gasteiger partial charge < -0.3 is 20.5 Å². The molecule has 5 heteroatoms.